The Kier molecular flexibility index (Phi) is 3.72. The average Bonchev–Trinajstić information content (AvgIpc) is 2.37. The predicted octanol–water partition coefficient (Wildman–Crippen LogP) is 1.66. The molecule has 4 rings (SSSR count). The van der Waals surface area contributed by atoms with E-state index in [1.54, 1.807) is 0 Å². The average molecular weight is 295 g/mol. The van der Waals surface area contributed by atoms with Crippen molar-refractivity contribution < 1.29 is 19.4 Å². The number of carbonyl (C=O) groups is 2. The first-order valence-electron chi connectivity index (χ1n) is 7.97. The molecule has 1 atom stereocenters. The minimum Gasteiger partial charge on any atom is -0.479 e. The van der Waals surface area contributed by atoms with Crippen molar-refractivity contribution in [1.82, 2.24) is 5.32 Å². The van der Waals surface area contributed by atoms with Crippen LogP contribution in [-0.4, -0.2) is 36.2 Å². The Balaban J connectivity index is 1.72. The van der Waals surface area contributed by atoms with Crippen molar-refractivity contribution in [3.05, 3.63) is 0 Å². The number of carbonyl (C=O) groups excluding carboxylic acids is 1. The molecule has 118 valence electrons. The lowest BCUT2D eigenvalue weighted by atomic mass is 9.51. The minimum absolute atomic E-state index is 0.00771. The van der Waals surface area contributed by atoms with Crippen LogP contribution in [0, 0.1) is 29.6 Å². The van der Waals surface area contributed by atoms with E-state index >= 15 is 0 Å². The Bertz CT molecular complexity index is 422. The zero-order chi connectivity index (χ0) is 15.2. The number of carboxylic acid groups (broad SMARTS) is 1. The van der Waals surface area contributed by atoms with Crippen molar-refractivity contribution in [2.45, 2.75) is 44.6 Å². The second kappa shape index (κ2) is 5.27. The third-order valence-electron chi connectivity index (χ3n) is 5.83. The number of rotatable bonds is 5. The summed E-state index contributed by atoms with van der Waals surface area (Å²) >= 11 is 0. The van der Waals surface area contributed by atoms with Gasteiger partial charge in [-0.1, -0.05) is 0 Å². The monoisotopic (exact) mass is 295 g/mol. The molecular formula is C16H25NO4. The van der Waals surface area contributed by atoms with Crippen molar-refractivity contribution in [2.75, 3.05) is 13.7 Å². The largest absolute Gasteiger partial charge is 0.479 e. The fourth-order valence-electron chi connectivity index (χ4n) is 5.15. The number of aliphatic carboxylic acids is 1. The van der Waals surface area contributed by atoms with Crippen molar-refractivity contribution in [1.29, 1.82) is 0 Å². The van der Waals surface area contributed by atoms with Gasteiger partial charge in [0.25, 0.3) is 0 Å². The van der Waals surface area contributed by atoms with E-state index in [0.29, 0.717) is 11.8 Å². The van der Waals surface area contributed by atoms with Gasteiger partial charge >= 0.3 is 5.97 Å². The summed E-state index contributed by atoms with van der Waals surface area (Å²) in [7, 11) is 1.45. The van der Waals surface area contributed by atoms with Gasteiger partial charge in [-0.2, -0.15) is 0 Å². The van der Waals surface area contributed by atoms with Crippen LogP contribution >= 0.6 is 0 Å². The molecule has 4 fully saturated rings. The molecule has 4 aliphatic carbocycles. The predicted molar refractivity (Wildman–Crippen MR) is 76.6 cm³/mol. The minimum atomic E-state index is -1.33. The molecule has 5 nitrogen and oxygen atoms in total. The van der Waals surface area contributed by atoms with Gasteiger partial charge in [-0.3, -0.25) is 4.79 Å². The fraction of sp³-hybridized carbons (Fsp3) is 0.875. The third-order valence-corrected chi connectivity index (χ3v) is 5.83. The third kappa shape index (κ3) is 2.56. The second-order valence-corrected chi connectivity index (χ2v) is 7.52. The summed E-state index contributed by atoms with van der Waals surface area (Å²) in [6.45, 7) is 1.51. The SMILES string of the molecule is COCC(C)(NC(=O)C1C2CC3CC(C2)CC1C3)C(=O)O. The maximum absolute atomic E-state index is 12.7. The highest BCUT2D eigenvalue weighted by atomic mass is 16.5. The molecule has 4 saturated carbocycles. The van der Waals surface area contributed by atoms with E-state index in [0.717, 1.165) is 37.5 Å². The Hall–Kier alpha value is -1.10. The summed E-state index contributed by atoms with van der Waals surface area (Å²) in [5, 5.41) is 12.1. The van der Waals surface area contributed by atoms with E-state index in [9.17, 15) is 14.7 Å². The molecule has 0 aromatic heterocycles. The first-order valence-corrected chi connectivity index (χ1v) is 7.97. The van der Waals surface area contributed by atoms with Gasteiger partial charge in [0.2, 0.25) is 5.91 Å². The van der Waals surface area contributed by atoms with Gasteiger partial charge in [-0.05, 0) is 62.7 Å². The Morgan fingerprint density at radius 1 is 1.14 bits per heavy atom. The molecule has 0 spiro atoms. The van der Waals surface area contributed by atoms with Crippen LogP contribution in [0.15, 0.2) is 0 Å². The van der Waals surface area contributed by atoms with Crippen LogP contribution in [0.1, 0.15) is 39.0 Å². The molecule has 1 unspecified atom stereocenters. The van der Waals surface area contributed by atoms with Gasteiger partial charge in [-0.25, -0.2) is 4.79 Å². The maximum Gasteiger partial charge on any atom is 0.331 e. The van der Waals surface area contributed by atoms with E-state index in [-0.39, 0.29) is 18.4 Å². The Labute approximate surface area is 125 Å². The van der Waals surface area contributed by atoms with Crippen LogP contribution in [0.2, 0.25) is 0 Å². The number of hydrogen-bond acceptors (Lipinski definition) is 3. The molecule has 0 aromatic rings. The zero-order valence-electron chi connectivity index (χ0n) is 12.8. The van der Waals surface area contributed by atoms with Gasteiger partial charge in [-0.15, -0.1) is 0 Å². The number of nitrogens with one attached hydrogen (secondary N) is 1. The number of carboxylic acids is 1. The van der Waals surface area contributed by atoms with Gasteiger partial charge in [0, 0.05) is 13.0 Å². The molecule has 21 heavy (non-hydrogen) atoms. The highest BCUT2D eigenvalue weighted by Gasteiger charge is 2.51. The fourth-order valence-corrected chi connectivity index (χ4v) is 5.15. The Morgan fingerprint density at radius 3 is 2.10 bits per heavy atom. The van der Waals surface area contributed by atoms with E-state index < -0.39 is 11.5 Å². The topological polar surface area (TPSA) is 75.6 Å². The maximum atomic E-state index is 12.7. The van der Waals surface area contributed by atoms with E-state index in [4.69, 9.17) is 4.74 Å². The van der Waals surface area contributed by atoms with Crippen LogP contribution < -0.4 is 5.32 Å². The van der Waals surface area contributed by atoms with Gasteiger partial charge < -0.3 is 15.2 Å². The summed E-state index contributed by atoms with van der Waals surface area (Å²) in [4.78, 5) is 24.1. The van der Waals surface area contributed by atoms with E-state index in [2.05, 4.69) is 5.32 Å². The normalized spacial score (nSPS) is 39.8. The molecule has 4 bridgehead atoms. The van der Waals surface area contributed by atoms with E-state index in [1.165, 1.54) is 20.5 Å². The summed E-state index contributed by atoms with van der Waals surface area (Å²) in [6, 6.07) is 0. The zero-order valence-corrected chi connectivity index (χ0v) is 12.8. The van der Waals surface area contributed by atoms with Crippen molar-refractivity contribution in [3.63, 3.8) is 0 Å². The lowest BCUT2D eigenvalue weighted by Gasteiger charge is -2.54. The number of ether oxygens (including phenoxy) is 1. The molecule has 0 aromatic carbocycles. The van der Waals surface area contributed by atoms with Crippen LogP contribution in [0.5, 0.6) is 0 Å². The summed E-state index contributed by atoms with van der Waals surface area (Å²) in [5.74, 6) is 1.42. The van der Waals surface area contributed by atoms with Crippen molar-refractivity contribution in [2.24, 2.45) is 29.6 Å². The number of methoxy groups -OCH3 is 1. The molecule has 0 aliphatic heterocycles. The molecule has 0 saturated heterocycles. The summed E-state index contributed by atoms with van der Waals surface area (Å²) in [5.41, 5.74) is -1.33. The lowest BCUT2D eigenvalue weighted by molar-refractivity contribution is -0.153. The molecule has 0 heterocycles. The lowest BCUT2D eigenvalue weighted by Crippen LogP contribution is -2.60. The van der Waals surface area contributed by atoms with Gasteiger partial charge in [0.1, 0.15) is 0 Å². The van der Waals surface area contributed by atoms with Crippen LogP contribution in [0.4, 0.5) is 0 Å². The number of hydrogen-bond donors (Lipinski definition) is 2. The first-order chi connectivity index (χ1) is 9.93. The Morgan fingerprint density at radius 2 is 1.67 bits per heavy atom. The quantitative estimate of drug-likeness (QED) is 0.809. The highest BCUT2D eigenvalue weighted by Crippen LogP contribution is 2.56. The highest BCUT2D eigenvalue weighted by molar-refractivity contribution is 5.88. The van der Waals surface area contributed by atoms with Crippen LogP contribution in [0.25, 0.3) is 0 Å². The van der Waals surface area contributed by atoms with Crippen molar-refractivity contribution >= 4 is 11.9 Å². The van der Waals surface area contributed by atoms with E-state index in [1.807, 2.05) is 0 Å². The number of amides is 1. The summed E-state index contributed by atoms with van der Waals surface area (Å²) < 4.78 is 4.98. The van der Waals surface area contributed by atoms with Crippen LogP contribution in [-0.2, 0) is 14.3 Å². The summed E-state index contributed by atoms with van der Waals surface area (Å²) in [6.07, 6.45) is 5.95. The molecule has 1 amide bonds. The molecule has 2 N–H and O–H groups in total. The van der Waals surface area contributed by atoms with Gasteiger partial charge in [0.05, 0.1) is 6.61 Å². The molecular weight excluding hydrogens is 270 g/mol. The van der Waals surface area contributed by atoms with Crippen molar-refractivity contribution in [3.8, 4) is 0 Å². The smallest absolute Gasteiger partial charge is 0.331 e. The molecule has 5 heteroatoms. The molecule has 4 aliphatic rings. The standard InChI is InChI=1S/C16H25NO4/c1-16(8-21-2,15(19)20)17-14(18)13-11-4-9-3-10(6-11)7-12(13)5-9/h9-13H,3-8H2,1-2H3,(H,17,18)(H,19,20). The molecule has 0 radical (unpaired) electrons. The van der Waals surface area contributed by atoms with Crippen LogP contribution in [0.3, 0.4) is 0 Å². The second-order valence-electron chi connectivity index (χ2n) is 7.52. The first kappa shape index (κ1) is 14.8. The van der Waals surface area contributed by atoms with Gasteiger partial charge in [0.15, 0.2) is 5.54 Å².